The van der Waals surface area contributed by atoms with E-state index in [1.165, 1.54) is 0 Å². The fourth-order valence-electron chi connectivity index (χ4n) is 2.40. The molecule has 0 radical (unpaired) electrons. The Morgan fingerprint density at radius 1 is 1.40 bits per heavy atom. The Balaban J connectivity index is 2.33. The lowest BCUT2D eigenvalue weighted by atomic mass is 9.79. The quantitative estimate of drug-likeness (QED) is 0.617. The minimum atomic E-state index is 0.165. The van der Waals surface area contributed by atoms with E-state index >= 15 is 0 Å². The molecule has 20 heavy (non-hydrogen) atoms. The number of carbonyl (C=O) groups is 1. The van der Waals surface area contributed by atoms with Gasteiger partial charge in [0.2, 0.25) is 5.91 Å². The summed E-state index contributed by atoms with van der Waals surface area (Å²) in [6, 6.07) is 0. The first-order valence-corrected chi connectivity index (χ1v) is 7.64. The van der Waals surface area contributed by atoms with Crippen LogP contribution in [0.3, 0.4) is 0 Å². The van der Waals surface area contributed by atoms with E-state index in [-0.39, 0.29) is 5.91 Å². The van der Waals surface area contributed by atoms with Crippen molar-refractivity contribution >= 4 is 23.1 Å². The number of amides is 1. The summed E-state index contributed by atoms with van der Waals surface area (Å²) in [6.45, 7) is 4.47. The SMILES string of the molecule is CCOC1CC(CC(=O)N(CCOC)CCC(N)=S)C1. The van der Waals surface area contributed by atoms with Gasteiger partial charge >= 0.3 is 0 Å². The summed E-state index contributed by atoms with van der Waals surface area (Å²) < 4.78 is 10.6. The van der Waals surface area contributed by atoms with Crippen LogP contribution in [0.1, 0.15) is 32.6 Å². The first-order chi connectivity index (χ1) is 9.56. The van der Waals surface area contributed by atoms with Crippen LogP contribution in [-0.2, 0) is 14.3 Å². The second-order valence-electron chi connectivity index (χ2n) is 5.21. The van der Waals surface area contributed by atoms with E-state index in [4.69, 9.17) is 27.4 Å². The Morgan fingerprint density at radius 3 is 2.65 bits per heavy atom. The molecule has 0 aromatic carbocycles. The molecule has 1 aliphatic carbocycles. The summed E-state index contributed by atoms with van der Waals surface area (Å²) in [6.07, 6.45) is 3.49. The molecule has 0 aliphatic heterocycles. The second kappa shape index (κ2) is 9.26. The zero-order valence-corrected chi connectivity index (χ0v) is 13.3. The Hall–Kier alpha value is -0.720. The van der Waals surface area contributed by atoms with Gasteiger partial charge in [0, 0.05) is 39.6 Å². The molecule has 2 N–H and O–H groups in total. The van der Waals surface area contributed by atoms with Crippen LogP contribution in [0.4, 0.5) is 0 Å². The molecule has 0 unspecified atom stereocenters. The number of thiocarbonyl (C=S) groups is 1. The van der Waals surface area contributed by atoms with Crippen LogP contribution in [0, 0.1) is 5.92 Å². The molecule has 0 atom stereocenters. The van der Waals surface area contributed by atoms with Crippen LogP contribution in [0.15, 0.2) is 0 Å². The van der Waals surface area contributed by atoms with Gasteiger partial charge in [0.15, 0.2) is 0 Å². The van der Waals surface area contributed by atoms with Gasteiger partial charge in [0.1, 0.15) is 0 Å². The van der Waals surface area contributed by atoms with E-state index in [0.717, 1.165) is 19.4 Å². The maximum atomic E-state index is 12.3. The average molecular weight is 302 g/mol. The van der Waals surface area contributed by atoms with Crippen molar-refractivity contribution in [2.75, 3.05) is 33.4 Å². The molecule has 1 aliphatic rings. The van der Waals surface area contributed by atoms with E-state index in [0.29, 0.717) is 49.5 Å². The van der Waals surface area contributed by atoms with Crippen LogP contribution in [-0.4, -0.2) is 55.3 Å². The zero-order valence-electron chi connectivity index (χ0n) is 12.5. The lowest BCUT2D eigenvalue weighted by molar-refractivity contribution is -0.135. The number of rotatable bonds is 10. The fourth-order valence-corrected chi connectivity index (χ4v) is 2.49. The fraction of sp³-hybridized carbons (Fsp3) is 0.857. The largest absolute Gasteiger partial charge is 0.393 e. The molecule has 1 fully saturated rings. The molecular formula is C14H26N2O3S. The number of hydrogen-bond acceptors (Lipinski definition) is 4. The predicted octanol–water partition coefficient (Wildman–Crippen LogP) is 1.34. The first kappa shape index (κ1) is 17.3. The van der Waals surface area contributed by atoms with Crippen molar-refractivity contribution in [1.82, 2.24) is 4.90 Å². The predicted molar refractivity (Wildman–Crippen MR) is 82.6 cm³/mol. The molecule has 116 valence electrons. The van der Waals surface area contributed by atoms with Gasteiger partial charge in [-0.15, -0.1) is 0 Å². The average Bonchev–Trinajstić information content (AvgIpc) is 2.36. The van der Waals surface area contributed by atoms with Crippen LogP contribution in [0.5, 0.6) is 0 Å². The standard InChI is InChI=1S/C14H26N2O3S/c1-3-19-12-8-11(9-12)10-14(17)16(6-7-18-2)5-4-13(15)20/h11-12H,3-10H2,1-2H3,(H2,15,20). The summed E-state index contributed by atoms with van der Waals surface area (Å²) in [7, 11) is 1.63. The molecule has 6 heteroatoms. The molecule has 5 nitrogen and oxygen atoms in total. The number of nitrogens with zero attached hydrogens (tertiary/aromatic N) is 1. The summed E-state index contributed by atoms with van der Waals surface area (Å²) in [5.41, 5.74) is 5.51. The van der Waals surface area contributed by atoms with Gasteiger partial charge in [-0.2, -0.15) is 0 Å². The number of methoxy groups -OCH3 is 1. The molecule has 0 aromatic rings. The highest BCUT2D eigenvalue weighted by molar-refractivity contribution is 7.80. The van der Waals surface area contributed by atoms with E-state index in [2.05, 4.69) is 0 Å². The van der Waals surface area contributed by atoms with E-state index < -0.39 is 0 Å². The highest BCUT2D eigenvalue weighted by Crippen LogP contribution is 2.33. The monoisotopic (exact) mass is 302 g/mol. The van der Waals surface area contributed by atoms with Crippen LogP contribution in [0.25, 0.3) is 0 Å². The Morgan fingerprint density at radius 2 is 2.10 bits per heavy atom. The molecule has 0 heterocycles. The maximum absolute atomic E-state index is 12.3. The molecule has 1 amide bonds. The van der Waals surface area contributed by atoms with Crippen molar-refractivity contribution in [2.24, 2.45) is 11.7 Å². The zero-order chi connectivity index (χ0) is 15.0. The van der Waals surface area contributed by atoms with E-state index in [1.807, 2.05) is 6.92 Å². The normalized spacial score (nSPS) is 21.3. The molecule has 0 bridgehead atoms. The van der Waals surface area contributed by atoms with Crippen molar-refractivity contribution in [3.05, 3.63) is 0 Å². The summed E-state index contributed by atoms with van der Waals surface area (Å²) in [5.74, 6) is 0.618. The third kappa shape index (κ3) is 6.15. The summed E-state index contributed by atoms with van der Waals surface area (Å²) in [5, 5.41) is 0. The van der Waals surface area contributed by atoms with Gasteiger partial charge in [0.05, 0.1) is 17.7 Å². The van der Waals surface area contributed by atoms with Gasteiger partial charge in [-0.25, -0.2) is 0 Å². The summed E-state index contributed by atoms with van der Waals surface area (Å²) in [4.78, 5) is 14.5. The lowest BCUT2D eigenvalue weighted by Gasteiger charge is -2.35. The number of carbonyl (C=O) groups excluding carboxylic acids is 1. The van der Waals surface area contributed by atoms with Gasteiger partial charge in [-0.05, 0) is 25.7 Å². The number of nitrogens with two attached hydrogens (primary N) is 1. The third-order valence-corrected chi connectivity index (χ3v) is 3.81. The molecule has 0 aromatic heterocycles. The summed E-state index contributed by atoms with van der Waals surface area (Å²) >= 11 is 4.87. The van der Waals surface area contributed by atoms with Gasteiger partial charge < -0.3 is 20.1 Å². The van der Waals surface area contributed by atoms with E-state index in [9.17, 15) is 4.79 Å². The van der Waals surface area contributed by atoms with Crippen LogP contribution >= 0.6 is 12.2 Å². The second-order valence-corrected chi connectivity index (χ2v) is 5.73. The van der Waals surface area contributed by atoms with Gasteiger partial charge in [-0.1, -0.05) is 12.2 Å². The lowest BCUT2D eigenvalue weighted by Crippen LogP contribution is -2.40. The van der Waals surface area contributed by atoms with Crippen molar-refractivity contribution in [3.63, 3.8) is 0 Å². The van der Waals surface area contributed by atoms with Crippen molar-refractivity contribution in [2.45, 2.75) is 38.7 Å². The Labute approximate surface area is 126 Å². The number of ether oxygens (including phenoxy) is 2. The smallest absolute Gasteiger partial charge is 0.222 e. The highest BCUT2D eigenvalue weighted by atomic mass is 32.1. The Kier molecular flexibility index (Phi) is 8.02. The Bertz CT molecular complexity index is 320. The molecule has 1 rings (SSSR count). The van der Waals surface area contributed by atoms with Gasteiger partial charge in [0.25, 0.3) is 0 Å². The first-order valence-electron chi connectivity index (χ1n) is 7.23. The van der Waals surface area contributed by atoms with Crippen molar-refractivity contribution in [3.8, 4) is 0 Å². The minimum Gasteiger partial charge on any atom is -0.393 e. The highest BCUT2D eigenvalue weighted by Gasteiger charge is 2.32. The molecule has 0 saturated heterocycles. The topological polar surface area (TPSA) is 64.8 Å². The third-order valence-electron chi connectivity index (χ3n) is 3.60. The molecular weight excluding hydrogens is 276 g/mol. The number of hydrogen-bond donors (Lipinski definition) is 1. The van der Waals surface area contributed by atoms with Crippen molar-refractivity contribution in [1.29, 1.82) is 0 Å². The molecule has 1 saturated carbocycles. The minimum absolute atomic E-state index is 0.165. The van der Waals surface area contributed by atoms with Crippen molar-refractivity contribution < 1.29 is 14.3 Å². The van der Waals surface area contributed by atoms with Crippen LogP contribution < -0.4 is 5.73 Å². The maximum Gasteiger partial charge on any atom is 0.222 e. The molecule has 0 spiro atoms. The van der Waals surface area contributed by atoms with E-state index in [1.54, 1.807) is 12.0 Å². The van der Waals surface area contributed by atoms with Gasteiger partial charge in [-0.3, -0.25) is 4.79 Å². The van der Waals surface area contributed by atoms with Crippen LogP contribution in [0.2, 0.25) is 0 Å².